The van der Waals surface area contributed by atoms with Crippen LogP contribution in [0.15, 0.2) is 91.0 Å². The maximum Gasteiger partial charge on any atom is 0.219 e. The van der Waals surface area contributed by atoms with Crippen molar-refractivity contribution in [1.82, 2.24) is 4.90 Å². The van der Waals surface area contributed by atoms with Crippen molar-refractivity contribution in [2.75, 3.05) is 6.54 Å². The number of carbonyl (C=O) groups is 1. The van der Waals surface area contributed by atoms with E-state index in [1.165, 1.54) is 16.7 Å². The molecule has 0 spiro atoms. The SMILES string of the molecule is CC(=O)N(CCC(c1ccccc1)c1ccccc1)C(C)c1ccccc1. The largest absolute Gasteiger partial charge is 0.336 e. The molecule has 0 aliphatic heterocycles. The van der Waals surface area contributed by atoms with Crippen LogP contribution in [0.3, 0.4) is 0 Å². The van der Waals surface area contributed by atoms with Crippen molar-refractivity contribution < 1.29 is 4.79 Å². The quantitative estimate of drug-likeness (QED) is 0.522. The van der Waals surface area contributed by atoms with Gasteiger partial charge in [-0.25, -0.2) is 0 Å². The van der Waals surface area contributed by atoms with Gasteiger partial charge >= 0.3 is 0 Å². The van der Waals surface area contributed by atoms with Crippen LogP contribution >= 0.6 is 0 Å². The maximum absolute atomic E-state index is 12.4. The van der Waals surface area contributed by atoms with Crippen LogP contribution in [0.25, 0.3) is 0 Å². The number of hydrogen-bond donors (Lipinski definition) is 0. The molecular formula is C25H27NO. The number of amides is 1. The van der Waals surface area contributed by atoms with Gasteiger partial charge in [-0.15, -0.1) is 0 Å². The molecule has 0 N–H and O–H groups in total. The van der Waals surface area contributed by atoms with Crippen LogP contribution < -0.4 is 0 Å². The molecule has 2 nitrogen and oxygen atoms in total. The topological polar surface area (TPSA) is 20.3 Å². The molecule has 27 heavy (non-hydrogen) atoms. The molecule has 0 aromatic heterocycles. The first-order valence-corrected chi connectivity index (χ1v) is 9.59. The molecule has 0 radical (unpaired) electrons. The fourth-order valence-corrected chi connectivity index (χ4v) is 3.70. The third-order valence-corrected chi connectivity index (χ3v) is 5.22. The number of rotatable bonds is 7. The van der Waals surface area contributed by atoms with Crippen molar-refractivity contribution in [2.24, 2.45) is 0 Å². The Labute approximate surface area is 162 Å². The average Bonchev–Trinajstić information content (AvgIpc) is 2.72. The molecule has 3 aromatic carbocycles. The third kappa shape index (κ3) is 4.85. The van der Waals surface area contributed by atoms with Gasteiger partial charge in [0.25, 0.3) is 0 Å². The fraction of sp³-hybridized carbons (Fsp3) is 0.240. The van der Waals surface area contributed by atoms with Crippen molar-refractivity contribution >= 4 is 5.91 Å². The van der Waals surface area contributed by atoms with Crippen molar-refractivity contribution in [3.8, 4) is 0 Å². The van der Waals surface area contributed by atoms with E-state index in [2.05, 4.69) is 67.6 Å². The Bertz CT molecular complexity index is 790. The Hall–Kier alpha value is -2.87. The zero-order valence-electron chi connectivity index (χ0n) is 16.1. The fourth-order valence-electron chi connectivity index (χ4n) is 3.70. The van der Waals surface area contributed by atoms with Crippen molar-refractivity contribution in [2.45, 2.75) is 32.2 Å². The van der Waals surface area contributed by atoms with E-state index in [1.807, 2.05) is 35.2 Å². The second-order valence-corrected chi connectivity index (χ2v) is 6.96. The Morgan fingerprint density at radius 1 is 0.741 bits per heavy atom. The number of benzene rings is 3. The van der Waals surface area contributed by atoms with Gasteiger partial charge in [-0.05, 0) is 30.0 Å². The molecule has 2 heteroatoms. The molecule has 0 aliphatic carbocycles. The predicted octanol–water partition coefficient (Wildman–Crippen LogP) is 5.82. The summed E-state index contributed by atoms with van der Waals surface area (Å²) in [5, 5.41) is 0. The number of nitrogens with zero attached hydrogens (tertiary/aromatic N) is 1. The van der Waals surface area contributed by atoms with Gasteiger partial charge in [0.1, 0.15) is 0 Å². The van der Waals surface area contributed by atoms with E-state index in [4.69, 9.17) is 0 Å². The molecule has 0 saturated heterocycles. The van der Waals surface area contributed by atoms with Crippen LogP contribution in [0.1, 0.15) is 48.9 Å². The van der Waals surface area contributed by atoms with E-state index < -0.39 is 0 Å². The van der Waals surface area contributed by atoms with Gasteiger partial charge in [0, 0.05) is 19.4 Å². The summed E-state index contributed by atoms with van der Waals surface area (Å²) in [7, 11) is 0. The molecule has 1 atom stereocenters. The summed E-state index contributed by atoms with van der Waals surface area (Å²) in [4.78, 5) is 14.4. The van der Waals surface area contributed by atoms with Crippen LogP contribution in [-0.2, 0) is 4.79 Å². The second kappa shape index (κ2) is 9.18. The Morgan fingerprint density at radius 2 is 1.15 bits per heavy atom. The first-order valence-electron chi connectivity index (χ1n) is 9.59. The molecule has 0 bridgehead atoms. The minimum absolute atomic E-state index is 0.0656. The molecule has 3 rings (SSSR count). The Kier molecular flexibility index (Phi) is 6.43. The van der Waals surface area contributed by atoms with Crippen LogP contribution in [0.2, 0.25) is 0 Å². The minimum atomic E-state index is 0.0656. The normalized spacial score (nSPS) is 12.0. The van der Waals surface area contributed by atoms with E-state index in [1.54, 1.807) is 6.92 Å². The first kappa shape index (κ1) is 18.9. The predicted molar refractivity (Wildman–Crippen MR) is 112 cm³/mol. The highest BCUT2D eigenvalue weighted by molar-refractivity contribution is 5.73. The average molecular weight is 357 g/mol. The summed E-state index contributed by atoms with van der Waals surface area (Å²) in [6.45, 7) is 4.50. The van der Waals surface area contributed by atoms with Crippen LogP contribution in [-0.4, -0.2) is 17.4 Å². The zero-order chi connectivity index (χ0) is 19.1. The van der Waals surface area contributed by atoms with Gasteiger partial charge in [0.05, 0.1) is 6.04 Å². The minimum Gasteiger partial charge on any atom is -0.336 e. The van der Waals surface area contributed by atoms with E-state index in [9.17, 15) is 4.79 Å². The summed E-state index contributed by atoms with van der Waals surface area (Å²) in [6, 6.07) is 31.4. The third-order valence-electron chi connectivity index (χ3n) is 5.22. The second-order valence-electron chi connectivity index (χ2n) is 6.96. The smallest absolute Gasteiger partial charge is 0.219 e. The molecule has 1 amide bonds. The van der Waals surface area contributed by atoms with Crippen LogP contribution in [0.4, 0.5) is 0 Å². The van der Waals surface area contributed by atoms with Gasteiger partial charge in [0.2, 0.25) is 5.91 Å². The van der Waals surface area contributed by atoms with E-state index in [0.29, 0.717) is 0 Å². The summed E-state index contributed by atoms with van der Waals surface area (Å²) in [5.74, 6) is 0.392. The van der Waals surface area contributed by atoms with E-state index in [-0.39, 0.29) is 17.9 Å². The lowest BCUT2D eigenvalue weighted by atomic mass is 9.88. The summed E-state index contributed by atoms with van der Waals surface area (Å²) < 4.78 is 0. The zero-order valence-corrected chi connectivity index (χ0v) is 16.1. The maximum atomic E-state index is 12.4. The Morgan fingerprint density at radius 3 is 1.56 bits per heavy atom. The van der Waals surface area contributed by atoms with Crippen LogP contribution in [0, 0.1) is 0 Å². The van der Waals surface area contributed by atoms with Gasteiger partial charge in [-0.3, -0.25) is 4.79 Å². The van der Waals surface area contributed by atoms with Gasteiger partial charge in [0.15, 0.2) is 0 Å². The standard InChI is InChI=1S/C25H27NO/c1-20(22-12-6-3-7-13-22)26(21(2)27)19-18-25(23-14-8-4-9-15-23)24-16-10-5-11-17-24/h3-17,20,25H,18-19H2,1-2H3. The Balaban J connectivity index is 1.81. The van der Waals surface area contributed by atoms with Gasteiger partial charge in [-0.2, -0.15) is 0 Å². The number of carbonyl (C=O) groups excluding carboxylic acids is 1. The summed E-state index contributed by atoms with van der Waals surface area (Å²) in [5.41, 5.74) is 3.75. The molecule has 0 saturated carbocycles. The molecule has 0 aliphatic rings. The summed E-state index contributed by atoms with van der Waals surface area (Å²) in [6.07, 6.45) is 0.894. The van der Waals surface area contributed by atoms with Gasteiger partial charge in [-0.1, -0.05) is 91.0 Å². The van der Waals surface area contributed by atoms with Crippen LogP contribution in [0.5, 0.6) is 0 Å². The first-order chi connectivity index (χ1) is 13.2. The van der Waals surface area contributed by atoms with Crippen molar-refractivity contribution in [3.05, 3.63) is 108 Å². The highest BCUT2D eigenvalue weighted by Crippen LogP contribution is 2.30. The molecule has 3 aromatic rings. The molecule has 138 valence electrons. The van der Waals surface area contributed by atoms with Crippen molar-refractivity contribution in [1.29, 1.82) is 0 Å². The lowest BCUT2D eigenvalue weighted by Crippen LogP contribution is -2.33. The van der Waals surface area contributed by atoms with Crippen molar-refractivity contribution in [3.63, 3.8) is 0 Å². The van der Waals surface area contributed by atoms with E-state index >= 15 is 0 Å². The molecular weight excluding hydrogens is 330 g/mol. The molecule has 0 fully saturated rings. The van der Waals surface area contributed by atoms with Gasteiger partial charge < -0.3 is 4.90 Å². The highest BCUT2D eigenvalue weighted by atomic mass is 16.2. The lowest BCUT2D eigenvalue weighted by Gasteiger charge is -2.30. The van der Waals surface area contributed by atoms with E-state index in [0.717, 1.165) is 13.0 Å². The number of hydrogen-bond acceptors (Lipinski definition) is 1. The lowest BCUT2D eigenvalue weighted by molar-refractivity contribution is -0.131. The highest BCUT2D eigenvalue weighted by Gasteiger charge is 2.21. The summed E-state index contributed by atoms with van der Waals surface area (Å²) >= 11 is 0. The molecule has 0 heterocycles. The monoisotopic (exact) mass is 357 g/mol. The molecule has 1 unspecified atom stereocenters.